The molecule has 1 fully saturated rings. The number of amides is 1. The molecule has 1 amide bonds. The van der Waals surface area contributed by atoms with E-state index >= 15 is 0 Å². The van der Waals surface area contributed by atoms with Gasteiger partial charge < -0.3 is 9.64 Å². The molecule has 1 heterocycles. The lowest BCUT2D eigenvalue weighted by Gasteiger charge is -2.30. The van der Waals surface area contributed by atoms with Crippen LogP contribution in [0.5, 0.6) is 5.75 Å². The fourth-order valence-corrected chi connectivity index (χ4v) is 5.68. The quantitative estimate of drug-likeness (QED) is 0.393. The Balaban J connectivity index is 1.64. The Bertz CT molecular complexity index is 1260. The molecule has 1 unspecified atom stereocenters. The summed E-state index contributed by atoms with van der Waals surface area (Å²) in [7, 11) is -4.22. The highest BCUT2D eigenvalue weighted by molar-refractivity contribution is 7.92. The van der Waals surface area contributed by atoms with Gasteiger partial charge in [-0.2, -0.15) is 8.78 Å². The van der Waals surface area contributed by atoms with E-state index in [1.807, 2.05) is 30.3 Å². The molecule has 3 aromatic rings. The maximum Gasteiger partial charge on any atom is 0.387 e. The maximum atomic E-state index is 13.6. The van der Waals surface area contributed by atoms with Crippen molar-refractivity contribution in [1.82, 2.24) is 4.90 Å². The highest BCUT2D eigenvalue weighted by atomic mass is 35.5. The van der Waals surface area contributed by atoms with Crippen LogP contribution in [0.3, 0.4) is 0 Å². The third-order valence-electron chi connectivity index (χ3n) is 5.79. The second-order valence-corrected chi connectivity index (χ2v) is 10.3. The first-order valence-electron chi connectivity index (χ1n) is 10.9. The number of carbonyl (C=O) groups excluding carboxylic acids is 1. The van der Waals surface area contributed by atoms with Crippen molar-refractivity contribution in [2.45, 2.75) is 30.4 Å². The molecule has 6 nitrogen and oxygen atoms in total. The van der Waals surface area contributed by atoms with Crippen molar-refractivity contribution in [2.24, 2.45) is 0 Å². The number of alkyl halides is 2. The van der Waals surface area contributed by atoms with Gasteiger partial charge in [0.25, 0.3) is 10.0 Å². The van der Waals surface area contributed by atoms with Crippen molar-refractivity contribution in [3.8, 4) is 5.75 Å². The normalized spacial score (nSPS) is 15.9. The van der Waals surface area contributed by atoms with Crippen LogP contribution in [0.2, 0.25) is 5.02 Å². The molecule has 0 aromatic heterocycles. The van der Waals surface area contributed by atoms with Gasteiger partial charge in [-0.3, -0.25) is 9.10 Å². The number of hydrogen-bond acceptors (Lipinski definition) is 4. The predicted octanol–water partition coefficient (Wildman–Crippen LogP) is 5.50. The molecule has 184 valence electrons. The van der Waals surface area contributed by atoms with E-state index in [1.54, 1.807) is 4.90 Å². The molecule has 0 aliphatic carbocycles. The monoisotopic (exact) mass is 520 g/mol. The molecule has 1 atom stereocenters. The van der Waals surface area contributed by atoms with Crippen LogP contribution in [-0.4, -0.2) is 38.9 Å². The lowest BCUT2D eigenvalue weighted by atomic mass is 10.0. The highest BCUT2D eigenvalue weighted by Crippen LogP contribution is 2.33. The van der Waals surface area contributed by atoms with E-state index in [4.69, 9.17) is 11.6 Å². The van der Waals surface area contributed by atoms with Crippen LogP contribution in [0.15, 0.2) is 83.8 Å². The highest BCUT2D eigenvalue weighted by Gasteiger charge is 2.34. The number of ether oxygens (including phenoxy) is 1. The molecule has 0 saturated carbocycles. The number of anilines is 1. The lowest BCUT2D eigenvalue weighted by molar-refractivity contribution is -0.130. The average Bonchev–Trinajstić information content (AvgIpc) is 3.34. The summed E-state index contributed by atoms with van der Waals surface area (Å²) < 4.78 is 57.5. The van der Waals surface area contributed by atoms with Crippen LogP contribution in [0.1, 0.15) is 24.4 Å². The Hall–Kier alpha value is -3.17. The summed E-state index contributed by atoms with van der Waals surface area (Å²) in [6, 6.07) is 20.2. The minimum absolute atomic E-state index is 0.135. The second-order valence-electron chi connectivity index (χ2n) is 7.99. The number of halogens is 3. The number of likely N-dealkylation sites (tertiary alicyclic amines) is 1. The van der Waals surface area contributed by atoms with Gasteiger partial charge in [0, 0.05) is 11.6 Å². The number of carbonyl (C=O) groups is 1. The first-order valence-corrected chi connectivity index (χ1v) is 12.7. The molecule has 35 heavy (non-hydrogen) atoms. The molecular weight excluding hydrogens is 498 g/mol. The van der Waals surface area contributed by atoms with Crippen molar-refractivity contribution >= 4 is 33.2 Å². The summed E-state index contributed by atoms with van der Waals surface area (Å²) in [4.78, 5) is 15.0. The Morgan fingerprint density at radius 2 is 1.69 bits per heavy atom. The largest absolute Gasteiger partial charge is 0.435 e. The van der Waals surface area contributed by atoms with E-state index in [-0.39, 0.29) is 28.3 Å². The van der Waals surface area contributed by atoms with Crippen molar-refractivity contribution in [3.05, 3.63) is 89.4 Å². The van der Waals surface area contributed by atoms with Crippen molar-refractivity contribution < 1.29 is 26.7 Å². The number of benzene rings is 3. The van der Waals surface area contributed by atoms with E-state index in [2.05, 4.69) is 4.74 Å². The molecule has 0 spiro atoms. The Morgan fingerprint density at radius 3 is 2.31 bits per heavy atom. The number of sulfonamides is 1. The van der Waals surface area contributed by atoms with Crippen LogP contribution in [0.4, 0.5) is 14.5 Å². The minimum atomic E-state index is -4.22. The van der Waals surface area contributed by atoms with E-state index in [0.717, 1.165) is 34.8 Å². The van der Waals surface area contributed by atoms with Gasteiger partial charge in [0.1, 0.15) is 12.3 Å². The van der Waals surface area contributed by atoms with Gasteiger partial charge in [-0.15, -0.1) is 0 Å². The first kappa shape index (κ1) is 24.9. The number of rotatable bonds is 8. The smallest absolute Gasteiger partial charge is 0.387 e. The van der Waals surface area contributed by atoms with Crippen molar-refractivity contribution in [3.63, 3.8) is 0 Å². The Labute approximate surface area is 207 Å². The third kappa shape index (κ3) is 5.74. The predicted molar refractivity (Wildman–Crippen MR) is 129 cm³/mol. The average molecular weight is 521 g/mol. The summed E-state index contributed by atoms with van der Waals surface area (Å²) in [6.45, 7) is -2.94. The lowest BCUT2D eigenvalue weighted by Crippen LogP contribution is -2.42. The standard InChI is InChI=1S/C25H23ClF2N2O4S/c26-19-8-10-20(11-9-19)30(35(32,33)22-14-12-21(13-15-22)34-25(27)28)17-24(31)29-16-4-7-23(29)18-5-2-1-3-6-18/h1-3,5-6,8-15,23,25H,4,7,16-17H2. The molecule has 4 rings (SSSR count). The fraction of sp³-hybridized carbons (Fsp3) is 0.240. The van der Waals surface area contributed by atoms with E-state index < -0.39 is 23.2 Å². The number of nitrogens with zero attached hydrogens (tertiary/aromatic N) is 2. The molecule has 1 saturated heterocycles. The van der Waals surface area contributed by atoms with Crippen LogP contribution >= 0.6 is 11.6 Å². The molecular formula is C25H23ClF2N2O4S. The SMILES string of the molecule is O=C(CN(c1ccc(Cl)cc1)S(=O)(=O)c1ccc(OC(F)F)cc1)N1CCCC1c1ccccc1. The van der Waals surface area contributed by atoms with Crippen LogP contribution in [-0.2, 0) is 14.8 Å². The van der Waals surface area contributed by atoms with Gasteiger partial charge >= 0.3 is 6.61 Å². The second kappa shape index (κ2) is 10.6. The molecule has 1 aliphatic rings. The summed E-state index contributed by atoms with van der Waals surface area (Å²) in [5.41, 5.74) is 1.25. The Kier molecular flexibility index (Phi) is 7.57. The summed E-state index contributed by atoms with van der Waals surface area (Å²) in [5, 5.41) is 0.412. The maximum absolute atomic E-state index is 13.6. The van der Waals surface area contributed by atoms with Crippen molar-refractivity contribution in [1.29, 1.82) is 0 Å². The van der Waals surface area contributed by atoms with E-state index in [1.165, 1.54) is 36.4 Å². The zero-order valence-corrected chi connectivity index (χ0v) is 20.1. The first-order chi connectivity index (χ1) is 16.8. The summed E-state index contributed by atoms with van der Waals surface area (Å²) in [6.07, 6.45) is 1.60. The number of hydrogen-bond donors (Lipinski definition) is 0. The zero-order chi connectivity index (χ0) is 25.0. The third-order valence-corrected chi connectivity index (χ3v) is 7.83. The molecule has 10 heteroatoms. The van der Waals surface area contributed by atoms with Gasteiger partial charge in [0.05, 0.1) is 16.6 Å². The van der Waals surface area contributed by atoms with Crippen LogP contribution in [0.25, 0.3) is 0 Å². The zero-order valence-electron chi connectivity index (χ0n) is 18.6. The fourth-order valence-electron chi connectivity index (χ4n) is 4.14. The molecule has 0 radical (unpaired) electrons. The van der Waals surface area contributed by atoms with Gasteiger partial charge in [-0.25, -0.2) is 8.42 Å². The van der Waals surface area contributed by atoms with E-state index in [0.29, 0.717) is 11.6 Å². The van der Waals surface area contributed by atoms with Gasteiger partial charge in [-0.05, 0) is 66.9 Å². The molecule has 1 aliphatic heterocycles. The van der Waals surface area contributed by atoms with Crippen LogP contribution < -0.4 is 9.04 Å². The van der Waals surface area contributed by atoms with Crippen molar-refractivity contribution in [2.75, 3.05) is 17.4 Å². The van der Waals surface area contributed by atoms with Gasteiger partial charge in [-0.1, -0.05) is 41.9 Å². The van der Waals surface area contributed by atoms with E-state index in [9.17, 15) is 22.0 Å². The molecule has 0 bridgehead atoms. The summed E-state index contributed by atoms with van der Waals surface area (Å²) in [5.74, 6) is -0.511. The van der Waals surface area contributed by atoms with Crippen LogP contribution in [0, 0.1) is 0 Å². The topological polar surface area (TPSA) is 66.9 Å². The minimum Gasteiger partial charge on any atom is -0.435 e. The Morgan fingerprint density at radius 1 is 1.03 bits per heavy atom. The summed E-state index contributed by atoms with van der Waals surface area (Å²) >= 11 is 5.98. The molecule has 3 aromatic carbocycles. The molecule has 0 N–H and O–H groups in total. The van der Waals surface area contributed by atoms with Gasteiger partial charge in [0.2, 0.25) is 5.91 Å². The van der Waals surface area contributed by atoms with Gasteiger partial charge in [0.15, 0.2) is 0 Å².